The standard InChI is InChI=1S/C9H18N2O/c1-5-7(2)11-8(3)6-10-9(4)12/h5,8,11H,6H2,1-4H3,(H,10,12)/b7-5+. The molecule has 0 aromatic heterocycles. The van der Waals surface area contributed by atoms with E-state index in [0.717, 1.165) is 5.70 Å². The number of rotatable bonds is 4. The molecule has 3 nitrogen and oxygen atoms in total. The molecule has 3 heteroatoms. The van der Waals surface area contributed by atoms with Crippen LogP contribution in [0.25, 0.3) is 0 Å². The molecule has 0 spiro atoms. The van der Waals surface area contributed by atoms with E-state index in [9.17, 15) is 4.79 Å². The second-order valence-electron chi connectivity index (χ2n) is 2.95. The Kier molecular flexibility index (Phi) is 5.17. The van der Waals surface area contributed by atoms with Crippen LogP contribution < -0.4 is 10.6 Å². The van der Waals surface area contributed by atoms with Crippen LogP contribution >= 0.6 is 0 Å². The molecule has 1 amide bonds. The summed E-state index contributed by atoms with van der Waals surface area (Å²) in [6, 6.07) is 0.282. The van der Waals surface area contributed by atoms with Crippen LogP contribution in [0.5, 0.6) is 0 Å². The second-order valence-corrected chi connectivity index (χ2v) is 2.95. The number of carbonyl (C=O) groups is 1. The van der Waals surface area contributed by atoms with Crippen molar-refractivity contribution in [2.45, 2.75) is 33.7 Å². The van der Waals surface area contributed by atoms with Gasteiger partial charge >= 0.3 is 0 Å². The predicted octanol–water partition coefficient (Wildman–Crippen LogP) is 1.02. The lowest BCUT2D eigenvalue weighted by atomic mass is 10.3. The van der Waals surface area contributed by atoms with E-state index in [-0.39, 0.29) is 11.9 Å². The summed E-state index contributed by atoms with van der Waals surface area (Å²) in [5, 5.41) is 5.98. The molecule has 70 valence electrons. The Labute approximate surface area is 74.2 Å². The Hall–Kier alpha value is -0.990. The fourth-order valence-corrected chi connectivity index (χ4v) is 0.820. The molecular formula is C9H18N2O. The molecule has 0 heterocycles. The van der Waals surface area contributed by atoms with E-state index in [0.29, 0.717) is 6.54 Å². The minimum absolute atomic E-state index is 0.0155. The van der Waals surface area contributed by atoms with E-state index in [1.54, 1.807) is 0 Å². The summed E-state index contributed by atoms with van der Waals surface area (Å²) in [6.07, 6.45) is 2.00. The molecule has 0 aliphatic carbocycles. The van der Waals surface area contributed by atoms with Crippen molar-refractivity contribution in [2.24, 2.45) is 0 Å². The van der Waals surface area contributed by atoms with Crippen LogP contribution in [0.3, 0.4) is 0 Å². The fourth-order valence-electron chi connectivity index (χ4n) is 0.820. The van der Waals surface area contributed by atoms with E-state index in [1.165, 1.54) is 6.92 Å². The number of hydrogen-bond donors (Lipinski definition) is 2. The molecule has 0 aromatic carbocycles. The van der Waals surface area contributed by atoms with E-state index < -0.39 is 0 Å². The molecule has 0 fully saturated rings. The molecule has 0 radical (unpaired) electrons. The third kappa shape index (κ3) is 5.77. The van der Waals surface area contributed by atoms with Gasteiger partial charge in [0.2, 0.25) is 5.91 Å². The van der Waals surface area contributed by atoms with Gasteiger partial charge in [0.25, 0.3) is 0 Å². The highest BCUT2D eigenvalue weighted by molar-refractivity contribution is 5.72. The Morgan fingerprint density at radius 2 is 2.08 bits per heavy atom. The molecule has 0 aliphatic heterocycles. The highest BCUT2D eigenvalue weighted by atomic mass is 16.1. The zero-order valence-corrected chi connectivity index (χ0v) is 8.27. The molecule has 2 N–H and O–H groups in total. The number of allylic oxidation sites excluding steroid dienone is 2. The first-order valence-corrected chi connectivity index (χ1v) is 4.20. The van der Waals surface area contributed by atoms with Crippen molar-refractivity contribution in [1.29, 1.82) is 0 Å². The van der Waals surface area contributed by atoms with Gasteiger partial charge in [-0.25, -0.2) is 0 Å². The van der Waals surface area contributed by atoms with E-state index >= 15 is 0 Å². The van der Waals surface area contributed by atoms with E-state index in [4.69, 9.17) is 0 Å². The first-order valence-electron chi connectivity index (χ1n) is 4.20. The third-order valence-corrected chi connectivity index (χ3v) is 1.56. The Bertz CT molecular complexity index is 175. The third-order valence-electron chi connectivity index (χ3n) is 1.56. The van der Waals surface area contributed by atoms with Gasteiger partial charge in [0, 0.05) is 25.2 Å². The van der Waals surface area contributed by atoms with Crippen LogP contribution in [0, 0.1) is 0 Å². The predicted molar refractivity (Wildman–Crippen MR) is 50.7 cm³/mol. The summed E-state index contributed by atoms with van der Waals surface area (Å²) in [7, 11) is 0. The molecule has 0 aromatic rings. The molecule has 0 saturated carbocycles. The van der Waals surface area contributed by atoms with Gasteiger partial charge in [-0.15, -0.1) is 0 Å². The first-order chi connectivity index (χ1) is 5.56. The van der Waals surface area contributed by atoms with Gasteiger partial charge in [0.15, 0.2) is 0 Å². The van der Waals surface area contributed by atoms with Crippen LogP contribution in [0.1, 0.15) is 27.7 Å². The summed E-state index contributed by atoms with van der Waals surface area (Å²) in [5.41, 5.74) is 1.13. The van der Waals surface area contributed by atoms with Crippen molar-refractivity contribution in [3.05, 3.63) is 11.8 Å². The van der Waals surface area contributed by atoms with Gasteiger partial charge in [-0.05, 0) is 20.8 Å². The van der Waals surface area contributed by atoms with Crippen molar-refractivity contribution < 1.29 is 4.79 Å². The molecule has 0 rings (SSSR count). The van der Waals surface area contributed by atoms with Crippen molar-refractivity contribution >= 4 is 5.91 Å². The molecule has 0 bridgehead atoms. The van der Waals surface area contributed by atoms with Crippen molar-refractivity contribution in [1.82, 2.24) is 10.6 Å². The molecular weight excluding hydrogens is 152 g/mol. The van der Waals surface area contributed by atoms with Crippen LogP contribution in [0.4, 0.5) is 0 Å². The summed E-state index contributed by atoms with van der Waals surface area (Å²) in [6.45, 7) is 8.20. The lowest BCUT2D eigenvalue weighted by molar-refractivity contribution is -0.119. The van der Waals surface area contributed by atoms with Crippen molar-refractivity contribution in [2.75, 3.05) is 6.54 Å². The van der Waals surface area contributed by atoms with Gasteiger partial charge in [0.05, 0.1) is 0 Å². The largest absolute Gasteiger partial charge is 0.385 e. The highest BCUT2D eigenvalue weighted by Crippen LogP contribution is 1.88. The van der Waals surface area contributed by atoms with Gasteiger partial charge in [-0.1, -0.05) is 6.08 Å². The number of amides is 1. The minimum Gasteiger partial charge on any atom is -0.385 e. The van der Waals surface area contributed by atoms with Crippen LogP contribution in [-0.4, -0.2) is 18.5 Å². The lowest BCUT2D eigenvalue weighted by Gasteiger charge is -2.15. The monoisotopic (exact) mass is 170 g/mol. The summed E-state index contributed by atoms with van der Waals surface area (Å²) >= 11 is 0. The van der Waals surface area contributed by atoms with Crippen LogP contribution in [-0.2, 0) is 4.79 Å². The summed E-state index contributed by atoms with van der Waals surface area (Å²) in [4.78, 5) is 10.6. The quantitative estimate of drug-likeness (QED) is 0.661. The van der Waals surface area contributed by atoms with E-state index in [1.807, 2.05) is 26.8 Å². The smallest absolute Gasteiger partial charge is 0.216 e. The lowest BCUT2D eigenvalue weighted by Crippen LogP contribution is -2.37. The molecule has 0 aliphatic rings. The average Bonchev–Trinajstić information content (AvgIpc) is 2.00. The normalized spacial score (nSPS) is 13.8. The van der Waals surface area contributed by atoms with Crippen LogP contribution in [0.15, 0.2) is 11.8 Å². The summed E-state index contributed by atoms with van der Waals surface area (Å²) < 4.78 is 0. The van der Waals surface area contributed by atoms with Crippen LogP contribution in [0.2, 0.25) is 0 Å². The minimum atomic E-state index is 0.0155. The Morgan fingerprint density at radius 1 is 1.50 bits per heavy atom. The maximum absolute atomic E-state index is 10.6. The Balaban J connectivity index is 3.59. The average molecular weight is 170 g/mol. The number of carbonyl (C=O) groups excluding carboxylic acids is 1. The molecule has 0 saturated heterocycles. The molecule has 1 unspecified atom stereocenters. The summed E-state index contributed by atoms with van der Waals surface area (Å²) in [5.74, 6) is 0.0155. The van der Waals surface area contributed by atoms with Gasteiger partial charge in [-0.3, -0.25) is 4.79 Å². The molecule has 1 atom stereocenters. The maximum Gasteiger partial charge on any atom is 0.216 e. The van der Waals surface area contributed by atoms with E-state index in [2.05, 4.69) is 10.6 Å². The van der Waals surface area contributed by atoms with Gasteiger partial charge < -0.3 is 10.6 Å². The van der Waals surface area contributed by atoms with Gasteiger partial charge in [-0.2, -0.15) is 0 Å². The number of hydrogen-bond acceptors (Lipinski definition) is 2. The zero-order chi connectivity index (χ0) is 9.56. The zero-order valence-electron chi connectivity index (χ0n) is 8.27. The first kappa shape index (κ1) is 11.0. The van der Waals surface area contributed by atoms with Crippen molar-refractivity contribution in [3.8, 4) is 0 Å². The van der Waals surface area contributed by atoms with Crippen molar-refractivity contribution in [3.63, 3.8) is 0 Å². The SMILES string of the molecule is C/C=C(\C)NC(C)CNC(C)=O. The highest BCUT2D eigenvalue weighted by Gasteiger charge is 2.00. The Morgan fingerprint density at radius 3 is 2.50 bits per heavy atom. The fraction of sp³-hybridized carbons (Fsp3) is 0.667. The van der Waals surface area contributed by atoms with Gasteiger partial charge in [0.1, 0.15) is 0 Å². The maximum atomic E-state index is 10.6. The second kappa shape index (κ2) is 5.63. The molecule has 12 heavy (non-hydrogen) atoms. The number of nitrogens with one attached hydrogen (secondary N) is 2. The topological polar surface area (TPSA) is 41.1 Å².